The molecule has 3 aromatic rings. The predicted octanol–water partition coefficient (Wildman–Crippen LogP) is 5.83. The topological polar surface area (TPSA) is 62.1 Å². The van der Waals surface area contributed by atoms with E-state index < -0.39 is 17.6 Å². The molecule has 1 N–H and O–H groups in total. The van der Waals surface area contributed by atoms with Crippen LogP contribution >= 0.6 is 0 Å². The number of amides is 1. The summed E-state index contributed by atoms with van der Waals surface area (Å²) in [6.07, 6.45) is -3.18. The maximum atomic E-state index is 12.8. The van der Waals surface area contributed by atoms with E-state index in [0.29, 0.717) is 17.9 Å². The molecule has 0 saturated heterocycles. The molecule has 0 aliphatic rings. The summed E-state index contributed by atoms with van der Waals surface area (Å²) in [7, 11) is 0. The fourth-order valence-electron chi connectivity index (χ4n) is 2.69. The van der Waals surface area contributed by atoms with Gasteiger partial charge in [0.05, 0.1) is 5.56 Å². The minimum absolute atomic E-state index is 0.0503. The van der Waals surface area contributed by atoms with Gasteiger partial charge in [-0.15, -0.1) is 0 Å². The lowest BCUT2D eigenvalue weighted by atomic mass is 10.1. The Balaban J connectivity index is 1.67. The average Bonchev–Trinajstić information content (AvgIpc) is 2.77. The second-order valence-electron chi connectivity index (χ2n) is 6.55. The lowest BCUT2D eigenvalue weighted by Crippen LogP contribution is -2.14. The highest BCUT2D eigenvalue weighted by molar-refractivity contribution is 6.09. The van der Waals surface area contributed by atoms with Crippen LogP contribution in [-0.4, -0.2) is 5.91 Å². The molecule has 0 atom stereocenters. The molecule has 0 radical (unpaired) electrons. The lowest BCUT2D eigenvalue weighted by Gasteiger charge is -2.09. The van der Waals surface area contributed by atoms with Gasteiger partial charge in [-0.1, -0.05) is 48.5 Å². The van der Waals surface area contributed by atoms with Gasteiger partial charge in [0, 0.05) is 5.69 Å². The summed E-state index contributed by atoms with van der Waals surface area (Å²) in [5.41, 5.74) is 0.409. The van der Waals surface area contributed by atoms with Gasteiger partial charge in [0.2, 0.25) is 0 Å². The van der Waals surface area contributed by atoms with E-state index in [4.69, 9.17) is 4.74 Å². The molecule has 7 heteroatoms. The second kappa shape index (κ2) is 9.63. The van der Waals surface area contributed by atoms with Crippen LogP contribution in [0.15, 0.2) is 84.4 Å². The summed E-state index contributed by atoms with van der Waals surface area (Å²) in [5.74, 6) is -0.181. The zero-order chi connectivity index (χ0) is 22.3. The van der Waals surface area contributed by atoms with Crippen LogP contribution in [0.25, 0.3) is 6.08 Å². The summed E-state index contributed by atoms with van der Waals surface area (Å²) in [5, 5.41) is 11.6. The first-order valence-electron chi connectivity index (χ1n) is 9.22. The average molecular weight is 422 g/mol. The number of alkyl halides is 3. The Morgan fingerprint density at radius 1 is 1.00 bits per heavy atom. The molecule has 0 saturated carbocycles. The van der Waals surface area contributed by atoms with Gasteiger partial charge in [-0.2, -0.15) is 18.4 Å². The first-order chi connectivity index (χ1) is 14.8. The molecule has 0 bridgehead atoms. The summed E-state index contributed by atoms with van der Waals surface area (Å²) in [6, 6.07) is 22.4. The Hall–Kier alpha value is -4.05. The lowest BCUT2D eigenvalue weighted by molar-refractivity contribution is -0.137. The Labute approximate surface area is 177 Å². The van der Waals surface area contributed by atoms with Crippen LogP contribution in [0.2, 0.25) is 0 Å². The van der Waals surface area contributed by atoms with E-state index in [-0.39, 0.29) is 11.3 Å². The number of nitriles is 1. The maximum absolute atomic E-state index is 12.8. The Bertz CT molecular complexity index is 1120. The molecule has 1 amide bonds. The van der Waals surface area contributed by atoms with Crippen molar-refractivity contribution in [3.63, 3.8) is 0 Å². The van der Waals surface area contributed by atoms with Crippen molar-refractivity contribution in [3.8, 4) is 11.8 Å². The van der Waals surface area contributed by atoms with Crippen LogP contribution in [0.1, 0.15) is 16.7 Å². The maximum Gasteiger partial charge on any atom is 0.416 e. The van der Waals surface area contributed by atoms with Crippen molar-refractivity contribution in [2.45, 2.75) is 12.8 Å². The number of anilines is 1. The normalized spacial score (nSPS) is 11.5. The van der Waals surface area contributed by atoms with Gasteiger partial charge in [0.25, 0.3) is 5.91 Å². The third-order valence-electron chi connectivity index (χ3n) is 4.25. The number of hydrogen-bond acceptors (Lipinski definition) is 3. The molecular weight excluding hydrogens is 405 g/mol. The molecule has 31 heavy (non-hydrogen) atoms. The van der Waals surface area contributed by atoms with Crippen molar-refractivity contribution in [2.75, 3.05) is 5.32 Å². The molecule has 3 aromatic carbocycles. The third kappa shape index (κ3) is 6.21. The van der Waals surface area contributed by atoms with Gasteiger partial charge in [-0.05, 0) is 47.5 Å². The van der Waals surface area contributed by atoms with Crippen molar-refractivity contribution in [1.82, 2.24) is 0 Å². The Morgan fingerprint density at radius 2 is 1.71 bits per heavy atom. The SMILES string of the molecule is N#C/C(=C\c1ccc(OCc2ccccc2)cc1)C(=O)Nc1cccc(C(F)(F)F)c1. The van der Waals surface area contributed by atoms with Crippen molar-refractivity contribution >= 4 is 17.7 Å². The summed E-state index contributed by atoms with van der Waals surface area (Å²) in [6.45, 7) is 0.402. The summed E-state index contributed by atoms with van der Waals surface area (Å²) in [4.78, 5) is 12.3. The van der Waals surface area contributed by atoms with Crippen molar-refractivity contribution in [1.29, 1.82) is 5.26 Å². The summed E-state index contributed by atoms with van der Waals surface area (Å²) < 4.78 is 44.1. The molecule has 0 aliphatic heterocycles. The highest BCUT2D eigenvalue weighted by atomic mass is 19.4. The zero-order valence-corrected chi connectivity index (χ0v) is 16.2. The highest BCUT2D eigenvalue weighted by Crippen LogP contribution is 2.30. The van der Waals surface area contributed by atoms with Gasteiger partial charge in [0.1, 0.15) is 24.0 Å². The molecule has 0 heterocycles. The van der Waals surface area contributed by atoms with Gasteiger partial charge in [-0.3, -0.25) is 4.79 Å². The number of benzene rings is 3. The number of carbonyl (C=O) groups excluding carboxylic acids is 1. The first kappa shape index (κ1) is 21.7. The van der Waals surface area contributed by atoms with Crippen LogP contribution in [-0.2, 0) is 17.6 Å². The standard InChI is InChI=1S/C24H17F3N2O2/c25-24(26,27)20-7-4-8-21(14-20)29-23(30)19(15-28)13-17-9-11-22(12-10-17)31-16-18-5-2-1-3-6-18/h1-14H,16H2,(H,29,30)/b19-13+. The van der Waals surface area contributed by atoms with E-state index in [1.165, 1.54) is 18.2 Å². The fourth-order valence-corrected chi connectivity index (χ4v) is 2.69. The number of nitrogens with zero attached hydrogens (tertiary/aromatic N) is 1. The van der Waals surface area contributed by atoms with E-state index in [1.54, 1.807) is 30.3 Å². The molecule has 156 valence electrons. The van der Waals surface area contributed by atoms with E-state index in [0.717, 1.165) is 17.7 Å². The minimum Gasteiger partial charge on any atom is -0.489 e. The molecule has 0 aromatic heterocycles. The largest absolute Gasteiger partial charge is 0.489 e. The fraction of sp³-hybridized carbons (Fsp3) is 0.0833. The Kier molecular flexibility index (Phi) is 6.73. The van der Waals surface area contributed by atoms with Gasteiger partial charge in [0.15, 0.2) is 0 Å². The number of rotatable bonds is 6. The predicted molar refractivity (Wildman–Crippen MR) is 111 cm³/mol. The number of hydrogen-bond donors (Lipinski definition) is 1. The third-order valence-corrected chi connectivity index (χ3v) is 4.25. The molecule has 0 unspecified atom stereocenters. The van der Waals surface area contributed by atoms with E-state index in [1.807, 2.05) is 30.3 Å². The molecule has 0 fully saturated rings. The second-order valence-corrected chi connectivity index (χ2v) is 6.55. The first-order valence-corrected chi connectivity index (χ1v) is 9.22. The summed E-state index contributed by atoms with van der Waals surface area (Å²) >= 11 is 0. The smallest absolute Gasteiger partial charge is 0.416 e. The van der Waals surface area contributed by atoms with Crippen LogP contribution in [0.3, 0.4) is 0 Å². The van der Waals surface area contributed by atoms with Crippen LogP contribution in [0.5, 0.6) is 5.75 Å². The van der Waals surface area contributed by atoms with Crippen LogP contribution in [0, 0.1) is 11.3 Å². The van der Waals surface area contributed by atoms with Crippen LogP contribution < -0.4 is 10.1 Å². The van der Waals surface area contributed by atoms with Crippen molar-refractivity contribution in [2.24, 2.45) is 0 Å². The van der Waals surface area contributed by atoms with Gasteiger partial charge in [-0.25, -0.2) is 0 Å². The van der Waals surface area contributed by atoms with E-state index in [2.05, 4.69) is 5.32 Å². The number of carbonyl (C=O) groups is 1. The molecule has 3 rings (SSSR count). The monoisotopic (exact) mass is 422 g/mol. The number of nitrogens with one attached hydrogen (secondary N) is 1. The van der Waals surface area contributed by atoms with Crippen molar-refractivity contribution < 1.29 is 22.7 Å². The molecule has 0 spiro atoms. The number of halogens is 3. The molecule has 0 aliphatic carbocycles. The van der Waals surface area contributed by atoms with E-state index in [9.17, 15) is 23.2 Å². The Morgan fingerprint density at radius 3 is 2.35 bits per heavy atom. The van der Waals surface area contributed by atoms with Crippen LogP contribution in [0.4, 0.5) is 18.9 Å². The van der Waals surface area contributed by atoms with Gasteiger partial charge < -0.3 is 10.1 Å². The highest BCUT2D eigenvalue weighted by Gasteiger charge is 2.30. The molecular formula is C24H17F3N2O2. The van der Waals surface area contributed by atoms with Crippen molar-refractivity contribution in [3.05, 3.63) is 101 Å². The van der Waals surface area contributed by atoms with Gasteiger partial charge >= 0.3 is 6.18 Å². The van der Waals surface area contributed by atoms with E-state index >= 15 is 0 Å². The quantitative estimate of drug-likeness (QED) is 0.402. The zero-order valence-electron chi connectivity index (χ0n) is 16.2. The minimum atomic E-state index is -4.53. The molecule has 4 nitrogen and oxygen atoms in total. The number of ether oxygens (including phenoxy) is 1.